The Labute approximate surface area is 165 Å². The molecule has 0 bridgehead atoms. The van der Waals surface area contributed by atoms with E-state index in [-0.39, 0.29) is 22.8 Å². The molecule has 28 heavy (non-hydrogen) atoms. The third kappa shape index (κ3) is 4.95. The minimum absolute atomic E-state index is 0.0229. The lowest BCUT2D eigenvalue weighted by molar-refractivity contribution is -0.384. The first-order valence-electron chi connectivity index (χ1n) is 8.56. The van der Waals surface area contributed by atoms with Crippen LogP contribution >= 0.6 is 11.8 Å². The van der Waals surface area contributed by atoms with Crippen LogP contribution in [0.15, 0.2) is 53.6 Å². The van der Waals surface area contributed by atoms with E-state index in [0.717, 1.165) is 28.6 Å². The van der Waals surface area contributed by atoms with Gasteiger partial charge in [0.05, 0.1) is 10.6 Å². The first-order chi connectivity index (χ1) is 13.4. The molecule has 1 heterocycles. The SMILES string of the molecule is CC1CC(=O)NN=C1c1ccc(NC(=O)SCc2ccc([N+](=O)[O-])cc2)cc1. The van der Waals surface area contributed by atoms with Crippen molar-refractivity contribution < 1.29 is 14.5 Å². The number of nitrogens with zero attached hydrogens (tertiary/aromatic N) is 2. The van der Waals surface area contributed by atoms with E-state index in [1.165, 1.54) is 12.1 Å². The summed E-state index contributed by atoms with van der Waals surface area (Å²) in [6.45, 7) is 1.95. The fourth-order valence-corrected chi connectivity index (χ4v) is 3.42. The van der Waals surface area contributed by atoms with Gasteiger partial charge in [0.2, 0.25) is 5.91 Å². The monoisotopic (exact) mass is 398 g/mol. The summed E-state index contributed by atoms with van der Waals surface area (Å²) in [5.74, 6) is 0.354. The largest absolute Gasteiger partial charge is 0.317 e. The Morgan fingerprint density at radius 2 is 1.93 bits per heavy atom. The molecule has 0 radical (unpaired) electrons. The molecule has 9 heteroatoms. The lowest BCUT2D eigenvalue weighted by Crippen LogP contribution is -2.31. The van der Waals surface area contributed by atoms with Crippen molar-refractivity contribution in [3.8, 4) is 0 Å². The molecular formula is C19H18N4O4S. The van der Waals surface area contributed by atoms with Crippen molar-refractivity contribution in [2.45, 2.75) is 19.1 Å². The van der Waals surface area contributed by atoms with Gasteiger partial charge in [-0.1, -0.05) is 43.0 Å². The van der Waals surface area contributed by atoms with Gasteiger partial charge in [-0.05, 0) is 23.3 Å². The summed E-state index contributed by atoms with van der Waals surface area (Å²) in [4.78, 5) is 33.6. The summed E-state index contributed by atoms with van der Waals surface area (Å²) < 4.78 is 0. The Balaban J connectivity index is 1.54. The highest BCUT2D eigenvalue weighted by atomic mass is 32.2. The zero-order valence-corrected chi connectivity index (χ0v) is 15.9. The highest BCUT2D eigenvalue weighted by Gasteiger charge is 2.21. The fourth-order valence-electron chi connectivity index (χ4n) is 2.74. The molecule has 1 atom stereocenters. The summed E-state index contributed by atoms with van der Waals surface area (Å²) in [6.07, 6.45) is 0.399. The number of nitrogens with one attached hydrogen (secondary N) is 2. The molecule has 2 amide bonds. The second-order valence-corrected chi connectivity index (χ2v) is 7.29. The molecule has 0 aliphatic carbocycles. The average molecular weight is 398 g/mol. The highest BCUT2D eigenvalue weighted by molar-refractivity contribution is 8.13. The molecule has 1 aliphatic rings. The third-order valence-electron chi connectivity index (χ3n) is 4.20. The van der Waals surface area contributed by atoms with Crippen LogP contribution in [0.25, 0.3) is 0 Å². The summed E-state index contributed by atoms with van der Waals surface area (Å²) in [7, 11) is 0. The first kappa shape index (κ1) is 19.6. The van der Waals surface area contributed by atoms with Gasteiger partial charge in [-0.15, -0.1) is 0 Å². The van der Waals surface area contributed by atoms with Crippen LogP contribution in [-0.2, 0) is 10.5 Å². The molecule has 2 N–H and O–H groups in total. The third-order valence-corrected chi connectivity index (χ3v) is 5.05. The molecule has 144 valence electrons. The van der Waals surface area contributed by atoms with E-state index >= 15 is 0 Å². The Hall–Kier alpha value is -3.20. The number of hydrogen-bond acceptors (Lipinski definition) is 6. The molecule has 0 spiro atoms. The Morgan fingerprint density at radius 1 is 1.25 bits per heavy atom. The number of amides is 2. The second kappa shape index (κ2) is 8.66. The Kier molecular flexibility index (Phi) is 6.05. The minimum atomic E-state index is -0.457. The number of thioether (sulfide) groups is 1. The van der Waals surface area contributed by atoms with Crippen molar-refractivity contribution in [2.24, 2.45) is 11.0 Å². The van der Waals surface area contributed by atoms with Gasteiger partial charge < -0.3 is 5.32 Å². The maximum atomic E-state index is 12.1. The number of hydrogen-bond donors (Lipinski definition) is 2. The van der Waals surface area contributed by atoms with Gasteiger partial charge in [-0.2, -0.15) is 5.10 Å². The lowest BCUT2D eigenvalue weighted by atomic mass is 9.94. The van der Waals surface area contributed by atoms with Crippen LogP contribution < -0.4 is 10.7 Å². The van der Waals surface area contributed by atoms with E-state index < -0.39 is 4.92 Å². The zero-order chi connectivity index (χ0) is 20.1. The molecular weight excluding hydrogens is 380 g/mol. The average Bonchev–Trinajstić information content (AvgIpc) is 2.67. The number of nitro benzene ring substituents is 1. The molecule has 0 aromatic heterocycles. The highest BCUT2D eigenvalue weighted by Crippen LogP contribution is 2.21. The van der Waals surface area contributed by atoms with E-state index in [2.05, 4.69) is 15.8 Å². The maximum Gasteiger partial charge on any atom is 0.283 e. The van der Waals surface area contributed by atoms with E-state index in [1.54, 1.807) is 24.3 Å². The number of benzene rings is 2. The van der Waals surface area contributed by atoms with Crippen LogP contribution in [0.1, 0.15) is 24.5 Å². The number of nitro groups is 1. The van der Waals surface area contributed by atoms with Gasteiger partial charge in [0.1, 0.15) is 0 Å². The summed E-state index contributed by atoms with van der Waals surface area (Å²) in [6, 6.07) is 13.4. The van der Waals surface area contributed by atoms with Crippen LogP contribution in [-0.4, -0.2) is 21.8 Å². The summed E-state index contributed by atoms with van der Waals surface area (Å²) in [5.41, 5.74) is 5.69. The topological polar surface area (TPSA) is 114 Å². The van der Waals surface area contributed by atoms with E-state index in [0.29, 0.717) is 17.9 Å². The second-order valence-electron chi connectivity index (χ2n) is 6.34. The maximum absolute atomic E-state index is 12.1. The molecule has 0 fully saturated rings. The normalized spacial score (nSPS) is 16.1. The predicted octanol–water partition coefficient (Wildman–Crippen LogP) is 3.92. The molecule has 3 rings (SSSR count). The number of rotatable bonds is 5. The molecule has 1 unspecified atom stereocenters. The van der Waals surface area contributed by atoms with Crippen LogP contribution in [0.3, 0.4) is 0 Å². The van der Waals surface area contributed by atoms with Crippen molar-refractivity contribution in [2.75, 3.05) is 5.32 Å². The van der Waals surface area contributed by atoms with Crippen molar-refractivity contribution >= 4 is 40.0 Å². The predicted molar refractivity (Wildman–Crippen MR) is 108 cm³/mol. The van der Waals surface area contributed by atoms with Gasteiger partial charge in [0.25, 0.3) is 10.9 Å². The van der Waals surface area contributed by atoms with Gasteiger partial charge >= 0.3 is 0 Å². The zero-order valence-electron chi connectivity index (χ0n) is 15.0. The number of carbonyl (C=O) groups is 2. The number of non-ortho nitro benzene ring substituents is 1. The Bertz CT molecular complexity index is 926. The smallest absolute Gasteiger partial charge is 0.283 e. The van der Waals surface area contributed by atoms with Gasteiger partial charge in [-0.3, -0.25) is 19.7 Å². The molecule has 8 nitrogen and oxygen atoms in total. The molecule has 1 aliphatic heterocycles. The van der Waals surface area contributed by atoms with Gasteiger partial charge in [0.15, 0.2) is 0 Å². The first-order valence-corrected chi connectivity index (χ1v) is 9.55. The summed E-state index contributed by atoms with van der Waals surface area (Å²) in [5, 5.41) is 17.3. The quantitative estimate of drug-likeness (QED) is 0.585. The van der Waals surface area contributed by atoms with Gasteiger partial charge in [0, 0.05) is 35.9 Å². The molecule has 0 saturated heterocycles. The van der Waals surface area contributed by atoms with Crippen molar-refractivity contribution in [1.29, 1.82) is 0 Å². The van der Waals surface area contributed by atoms with Crippen LogP contribution in [0.5, 0.6) is 0 Å². The fraction of sp³-hybridized carbons (Fsp3) is 0.211. The number of anilines is 1. The summed E-state index contributed by atoms with van der Waals surface area (Å²) >= 11 is 1.08. The minimum Gasteiger partial charge on any atom is -0.317 e. The van der Waals surface area contributed by atoms with Gasteiger partial charge in [-0.25, -0.2) is 5.43 Å². The van der Waals surface area contributed by atoms with Crippen molar-refractivity contribution in [1.82, 2.24) is 5.43 Å². The van der Waals surface area contributed by atoms with Crippen LogP contribution in [0.2, 0.25) is 0 Å². The van der Waals surface area contributed by atoms with Crippen molar-refractivity contribution in [3.63, 3.8) is 0 Å². The number of carbonyl (C=O) groups excluding carboxylic acids is 2. The van der Waals surface area contributed by atoms with Crippen molar-refractivity contribution in [3.05, 3.63) is 69.8 Å². The van der Waals surface area contributed by atoms with E-state index in [4.69, 9.17) is 0 Å². The standard InChI is InChI=1S/C19H18N4O4S/c1-12-10-17(24)21-22-18(12)14-4-6-15(7-5-14)20-19(25)28-11-13-2-8-16(9-3-13)23(26)27/h2-9,12H,10-11H2,1H3,(H,20,25)(H,21,24). The van der Waals surface area contributed by atoms with E-state index in [9.17, 15) is 19.7 Å². The molecule has 2 aromatic rings. The molecule has 0 saturated carbocycles. The van der Waals surface area contributed by atoms with Crippen LogP contribution in [0.4, 0.5) is 16.2 Å². The number of hydrazone groups is 1. The van der Waals surface area contributed by atoms with E-state index in [1.807, 2.05) is 19.1 Å². The molecule has 2 aromatic carbocycles. The lowest BCUT2D eigenvalue weighted by Gasteiger charge is -2.19. The van der Waals surface area contributed by atoms with Crippen LogP contribution in [0, 0.1) is 16.0 Å². The Morgan fingerprint density at radius 3 is 2.54 bits per heavy atom.